The van der Waals surface area contributed by atoms with Gasteiger partial charge in [0.05, 0.1) is 5.60 Å². The van der Waals surface area contributed by atoms with Crippen LogP contribution in [0, 0.1) is 5.41 Å². The van der Waals surface area contributed by atoms with E-state index in [2.05, 4.69) is 32.7 Å². The van der Waals surface area contributed by atoms with E-state index in [1.165, 1.54) is 0 Å². The Morgan fingerprint density at radius 1 is 1.42 bits per heavy atom. The number of likely N-dealkylation sites (tertiary alicyclic amines) is 1. The topological polar surface area (TPSA) is 23.5 Å². The Labute approximate surface area is 75.6 Å². The largest absolute Gasteiger partial charge is 0.388 e. The predicted molar refractivity (Wildman–Crippen MR) is 51.1 cm³/mol. The Morgan fingerprint density at radius 3 is 2.33 bits per heavy atom. The maximum absolute atomic E-state index is 10.2. The van der Waals surface area contributed by atoms with Crippen LogP contribution in [-0.2, 0) is 0 Å². The molecule has 1 aliphatic rings. The SMILES string of the molecule is CN1CCC(O)(CC(C)(C)C)C1. The van der Waals surface area contributed by atoms with Crippen molar-refractivity contribution in [3.63, 3.8) is 0 Å². The molecule has 0 amide bonds. The molecule has 0 radical (unpaired) electrons. The summed E-state index contributed by atoms with van der Waals surface area (Å²) in [5.74, 6) is 0. The maximum Gasteiger partial charge on any atom is 0.0791 e. The van der Waals surface area contributed by atoms with Crippen molar-refractivity contribution in [2.75, 3.05) is 20.1 Å². The lowest BCUT2D eigenvalue weighted by molar-refractivity contribution is 0.0128. The van der Waals surface area contributed by atoms with Gasteiger partial charge in [-0.25, -0.2) is 0 Å². The average Bonchev–Trinajstić information content (AvgIpc) is 2.05. The summed E-state index contributed by atoms with van der Waals surface area (Å²) in [5.41, 5.74) is -0.188. The van der Waals surface area contributed by atoms with E-state index < -0.39 is 5.60 Å². The van der Waals surface area contributed by atoms with Crippen LogP contribution in [0.5, 0.6) is 0 Å². The highest BCUT2D eigenvalue weighted by molar-refractivity contribution is 4.91. The van der Waals surface area contributed by atoms with Crippen molar-refractivity contribution in [1.29, 1.82) is 0 Å². The number of nitrogens with zero attached hydrogens (tertiary/aromatic N) is 1. The first kappa shape index (κ1) is 10.0. The van der Waals surface area contributed by atoms with Gasteiger partial charge in [-0.15, -0.1) is 0 Å². The van der Waals surface area contributed by atoms with Crippen LogP contribution in [0.25, 0.3) is 0 Å². The third-order valence-corrected chi connectivity index (χ3v) is 2.38. The third-order valence-electron chi connectivity index (χ3n) is 2.38. The van der Waals surface area contributed by atoms with E-state index in [9.17, 15) is 5.11 Å². The van der Waals surface area contributed by atoms with Gasteiger partial charge in [-0.05, 0) is 25.3 Å². The van der Waals surface area contributed by atoms with Gasteiger partial charge < -0.3 is 10.0 Å². The van der Waals surface area contributed by atoms with E-state index in [4.69, 9.17) is 0 Å². The Bertz CT molecular complexity index is 162. The molecule has 1 atom stereocenters. The van der Waals surface area contributed by atoms with Crippen molar-refractivity contribution in [3.05, 3.63) is 0 Å². The van der Waals surface area contributed by atoms with Crippen molar-refractivity contribution in [1.82, 2.24) is 4.90 Å². The lowest BCUT2D eigenvalue weighted by Crippen LogP contribution is -2.36. The van der Waals surface area contributed by atoms with E-state index in [0.717, 1.165) is 25.9 Å². The van der Waals surface area contributed by atoms with Gasteiger partial charge in [-0.2, -0.15) is 0 Å². The third kappa shape index (κ3) is 2.76. The summed E-state index contributed by atoms with van der Waals surface area (Å²) in [4.78, 5) is 2.20. The lowest BCUT2D eigenvalue weighted by Gasteiger charge is -2.30. The summed E-state index contributed by atoms with van der Waals surface area (Å²) >= 11 is 0. The summed E-state index contributed by atoms with van der Waals surface area (Å²) in [5, 5.41) is 10.2. The molecule has 0 spiro atoms. The number of aliphatic hydroxyl groups is 1. The molecule has 0 aromatic rings. The van der Waals surface area contributed by atoms with Crippen LogP contribution in [0.15, 0.2) is 0 Å². The average molecular weight is 171 g/mol. The quantitative estimate of drug-likeness (QED) is 0.646. The maximum atomic E-state index is 10.2. The zero-order chi connectivity index (χ0) is 9.41. The van der Waals surface area contributed by atoms with Gasteiger partial charge in [0, 0.05) is 13.1 Å². The first-order chi connectivity index (χ1) is 5.31. The summed E-state index contributed by atoms with van der Waals surface area (Å²) in [6.45, 7) is 8.42. The van der Waals surface area contributed by atoms with Gasteiger partial charge in [0.2, 0.25) is 0 Å². The molecule has 1 aliphatic heterocycles. The van der Waals surface area contributed by atoms with Gasteiger partial charge in [-0.1, -0.05) is 20.8 Å². The Hall–Kier alpha value is -0.0800. The summed E-state index contributed by atoms with van der Waals surface area (Å²) < 4.78 is 0. The number of likely N-dealkylation sites (N-methyl/N-ethyl adjacent to an activating group) is 1. The van der Waals surface area contributed by atoms with Gasteiger partial charge in [-0.3, -0.25) is 0 Å². The van der Waals surface area contributed by atoms with Crippen LogP contribution in [0.1, 0.15) is 33.6 Å². The summed E-state index contributed by atoms with van der Waals surface area (Å²) in [7, 11) is 2.07. The van der Waals surface area contributed by atoms with Gasteiger partial charge in [0.25, 0.3) is 0 Å². The highest BCUT2D eigenvalue weighted by Crippen LogP contribution is 2.33. The zero-order valence-corrected chi connectivity index (χ0v) is 8.72. The highest BCUT2D eigenvalue weighted by Gasteiger charge is 2.37. The number of hydrogen-bond donors (Lipinski definition) is 1. The van der Waals surface area contributed by atoms with E-state index in [1.54, 1.807) is 0 Å². The Kier molecular flexibility index (Phi) is 2.50. The van der Waals surface area contributed by atoms with Gasteiger partial charge in [0.15, 0.2) is 0 Å². The van der Waals surface area contributed by atoms with Crippen molar-refractivity contribution >= 4 is 0 Å². The molecule has 2 heteroatoms. The molecule has 72 valence electrons. The first-order valence-electron chi connectivity index (χ1n) is 4.72. The molecule has 1 rings (SSSR count). The second kappa shape index (κ2) is 3.00. The molecule has 0 bridgehead atoms. The molecule has 1 unspecified atom stereocenters. The van der Waals surface area contributed by atoms with Crippen LogP contribution in [-0.4, -0.2) is 35.7 Å². The van der Waals surface area contributed by atoms with Crippen molar-refractivity contribution in [2.24, 2.45) is 5.41 Å². The van der Waals surface area contributed by atoms with Gasteiger partial charge in [0.1, 0.15) is 0 Å². The van der Waals surface area contributed by atoms with Crippen molar-refractivity contribution in [2.45, 2.75) is 39.2 Å². The Morgan fingerprint density at radius 2 is 2.00 bits per heavy atom. The van der Waals surface area contributed by atoms with Crippen LogP contribution in [0.2, 0.25) is 0 Å². The van der Waals surface area contributed by atoms with Crippen LogP contribution >= 0.6 is 0 Å². The van der Waals surface area contributed by atoms with Crippen molar-refractivity contribution < 1.29 is 5.11 Å². The second-order valence-electron chi connectivity index (χ2n) is 5.45. The molecule has 1 N–H and O–H groups in total. The lowest BCUT2D eigenvalue weighted by atomic mass is 9.81. The van der Waals surface area contributed by atoms with Crippen LogP contribution in [0.4, 0.5) is 0 Å². The number of rotatable bonds is 1. The minimum atomic E-state index is -0.424. The molecule has 0 saturated carbocycles. The molecule has 0 aromatic heterocycles. The van der Waals surface area contributed by atoms with Gasteiger partial charge >= 0.3 is 0 Å². The molecule has 0 aromatic carbocycles. The normalized spacial score (nSPS) is 32.8. The fourth-order valence-corrected chi connectivity index (χ4v) is 2.19. The molecule has 1 saturated heterocycles. The monoisotopic (exact) mass is 171 g/mol. The molecule has 1 fully saturated rings. The summed E-state index contributed by atoms with van der Waals surface area (Å²) in [6, 6.07) is 0. The van der Waals surface area contributed by atoms with E-state index in [0.29, 0.717) is 0 Å². The molecule has 12 heavy (non-hydrogen) atoms. The predicted octanol–water partition coefficient (Wildman–Crippen LogP) is 1.49. The molecule has 2 nitrogen and oxygen atoms in total. The Balaban J connectivity index is 2.51. The van der Waals surface area contributed by atoms with Crippen LogP contribution in [0.3, 0.4) is 0 Å². The zero-order valence-electron chi connectivity index (χ0n) is 8.72. The minimum absolute atomic E-state index is 0.236. The molecule has 0 aliphatic carbocycles. The second-order valence-corrected chi connectivity index (χ2v) is 5.45. The van der Waals surface area contributed by atoms with Crippen LogP contribution < -0.4 is 0 Å². The molecule has 1 heterocycles. The fraction of sp³-hybridized carbons (Fsp3) is 1.00. The van der Waals surface area contributed by atoms with E-state index >= 15 is 0 Å². The minimum Gasteiger partial charge on any atom is -0.388 e. The molecular formula is C10H21NO. The number of hydrogen-bond acceptors (Lipinski definition) is 2. The van der Waals surface area contributed by atoms with E-state index in [-0.39, 0.29) is 5.41 Å². The number of β-amino-alcohol motifs (C(OH)–C–C–N with tert-alkyl or cyclic N) is 1. The first-order valence-corrected chi connectivity index (χ1v) is 4.72. The van der Waals surface area contributed by atoms with Crippen molar-refractivity contribution in [3.8, 4) is 0 Å². The highest BCUT2D eigenvalue weighted by atomic mass is 16.3. The fourth-order valence-electron chi connectivity index (χ4n) is 2.19. The standard InChI is InChI=1S/C10H21NO/c1-9(2,3)7-10(12)5-6-11(4)8-10/h12H,5-8H2,1-4H3. The molecular weight excluding hydrogens is 150 g/mol. The smallest absolute Gasteiger partial charge is 0.0791 e. The van der Waals surface area contributed by atoms with E-state index in [1.807, 2.05) is 0 Å². The summed E-state index contributed by atoms with van der Waals surface area (Å²) in [6.07, 6.45) is 1.84.